The molecule has 0 spiro atoms. The maximum Gasteiger partial charge on any atom is 0.412 e. The number of anilines is 1. The first-order chi connectivity index (χ1) is 15.6. The van der Waals surface area contributed by atoms with Crippen LogP contribution in [0.4, 0.5) is 10.6 Å². The van der Waals surface area contributed by atoms with Crippen LogP contribution in [0.2, 0.25) is 0 Å². The molecule has 0 bridgehead atoms. The Balaban J connectivity index is 1.40. The number of ether oxygens (including phenoxy) is 1. The summed E-state index contributed by atoms with van der Waals surface area (Å²) in [7, 11) is 3.70. The molecule has 0 fully saturated rings. The van der Waals surface area contributed by atoms with Gasteiger partial charge >= 0.3 is 6.09 Å². The van der Waals surface area contributed by atoms with Gasteiger partial charge in [0.25, 0.3) is 5.71 Å². The number of imidazole rings is 1. The molecule has 32 heavy (non-hydrogen) atoms. The maximum absolute atomic E-state index is 12.1. The zero-order valence-corrected chi connectivity index (χ0v) is 17.5. The van der Waals surface area contributed by atoms with Crippen LogP contribution in [0.5, 0.6) is 5.75 Å². The highest BCUT2D eigenvalue weighted by atomic mass is 16.6. The van der Waals surface area contributed by atoms with Crippen molar-refractivity contribution in [1.29, 1.82) is 0 Å². The van der Waals surface area contributed by atoms with Crippen molar-refractivity contribution in [3.05, 3.63) is 66.5 Å². The third-order valence-electron chi connectivity index (χ3n) is 5.01. The van der Waals surface area contributed by atoms with Crippen molar-refractivity contribution in [2.45, 2.75) is 6.54 Å². The molecule has 0 saturated carbocycles. The number of oxazole rings is 1. The number of rotatable bonds is 5. The minimum Gasteiger partial charge on any atom is -0.418 e. The molecular formula is C23H20N6O3. The van der Waals surface area contributed by atoms with Gasteiger partial charge in [-0.05, 0) is 29.8 Å². The van der Waals surface area contributed by atoms with Crippen molar-refractivity contribution < 1.29 is 13.9 Å². The lowest BCUT2D eigenvalue weighted by Crippen LogP contribution is -2.26. The second-order valence-corrected chi connectivity index (χ2v) is 7.19. The van der Waals surface area contributed by atoms with E-state index in [1.807, 2.05) is 41.9 Å². The Labute approximate surface area is 183 Å². The quantitative estimate of drug-likeness (QED) is 0.434. The Bertz CT molecular complexity index is 1420. The number of amides is 1. The number of aryl methyl sites for hydroxylation is 1. The van der Waals surface area contributed by atoms with Gasteiger partial charge in [0.1, 0.15) is 16.8 Å². The fourth-order valence-electron chi connectivity index (χ4n) is 3.50. The number of nitrogens with one attached hydrogen (secondary N) is 2. The van der Waals surface area contributed by atoms with Crippen LogP contribution in [0.1, 0.15) is 5.56 Å². The number of pyridine rings is 1. The van der Waals surface area contributed by atoms with Gasteiger partial charge in [0.2, 0.25) is 5.89 Å². The fraction of sp³-hybridized carbons (Fsp3) is 0.130. The summed E-state index contributed by atoms with van der Waals surface area (Å²) in [5.74, 6) is 1.56. The van der Waals surface area contributed by atoms with E-state index in [2.05, 4.69) is 25.6 Å². The first-order valence-electron chi connectivity index (χ1n) is 10.0. The summed E-state index contributed by atoms with van der Waals surface area (Å²) in [5, 5.41) is 5.80. The van der Waals surface area contributed by atoms with Crippen LogP contribution in [0.15, 0.2) is 65.3 Å². The van der Waals surface area contributed by atoms with E-state index in [0.29, 0.717) is 35.2 Å². The molecule has 0 aliphatic heterocycles. The normalized spacial score (nSPS) is 11.1. The molecule has 5 aromatic rings. The molecule has 0 radical (unpaired) electrons. The molecule has 0 aliphatic rings. The van der Waals surface area contributed by atoms with Crippen LogP contribution in [0.3, 0.4) is 0 Å². The number of carbonyl (C=O) groups excluding carboxylic acids is 1. The van der Waals surface area contributed by atoms with E-state index < -0.39 is 6.09 Å². The zero-order chi connectivity index (χ0) is 22.1. The third-order valence-corrected chi connectivity index (χ3v) is 5.01. The lowest BCUT2D eigenvalue weighted by molar-refractivity contribution is 0.200. The number of hydrogen-bond acceptors (Lipinski definition) is 7. The number of benzene rings is 2. The third kappa shape index (κ3) is 3.60. The molecule has 5 rings (SSSR count). The maximum atomic E-state index is 12.1. The number of hydrogen-bond donors (Lipinski definition) is 2. The Hall–Kier alpha value is -4.40. The van der Waals surface area contributed by atoms with Gasteiger partial charge in [-0.1, -0.05) is 30.3 Å². The fourth-order valence-corrected chi connectivity index (χ4v) is 3.50. The molecular weight excluding hydrogens is 408 g/mol. The van der Waals surface area contributed by atoms with Crippen LogP contribution in [0, 0.1) is 0 Å². The van der Waals surface area contributed by atoms with E-state index >= 15 is 0 Å². The largest absolute Gasteiger partial charge is 0.418 e. The summed E-state index contributed by atoms with van der Waals surface area (Å²) >= 11 is 0. The van der Waals surface area contributed by atoms with Crippen LogP contribution >= 0.6 is 0 Å². The molecule has 0 aliphatic carbocycles. The van der Waals surface area contributed by atoms with Crippen molar-refractivity contribution >= 4 is 34.2 Å². The molecule has 9 heteroatoms. The standard InChI is InChI=1S/C23H20N6O3/c1-24-20-17-19(29(2)13-26-17)18-22(28-20)32-21(27-18)15-8-6-7-14(11-15)12-25-23(30)31-16-9-4-3-5-10-16/h3-11,13H,12H2,1-2H3,(H,24,28)(H,25,30). The highest BCUT2D eigenvalue weighted by molar-refractivity contribution is 6.03. The topological polar surface area (TPSA) is 107 Å². The molecule has 1 amide bonds. The smallest absolute Gasteiger partial charge is 0.412 e. The Morgan fingerprint density at radius 2 is 1.94 bits per heavy atom. The number of fused-ring (bicyclic) bond motifs is 3. The van der Waals surface area contributed by atoms with Crippen molar-refractivity contribution in [2.75, 3.05) is 12.4 Å². The second-order valence-electron chi connectivity index (χ2n) is 7.19. The molecule has 0 saturated heterocycles. The predicted molar refractivity (Wildman–Crippen MR) is 120 cm³/mol. The Morgan fingerprint density at radius 1 is 1.09 bits per heavy atom. The monoisotopic (exact) mass is 428 g/mol. The Morgan fingerprint density at radius 3 is 2.75 bits per heavy atom. The number of nitrogens with zero attached hydrogens (tertiary/aromatic N) is 4. The van der Waals surface area contributed by atoms with Crippen LogP contribution < -0.4 is 15.4 Å². The lowest BCUT2D eigenvalue weighted by atomic mass is 10.1. The van der Waals surface area contributed by atoms with Crippen molar-refractivity contribution in [3.8, 4) is 17.2 Å². The minimum absolute atomic E-state index is 0.299. The van der Waals surface area contributed by atoms with Crippen molar-refractivity contribution in [1.82, 2.24) is 24.8 Å². The number of carbonyl (C=O) groups is 1. The molecule has 0 atom stereocenters. The van der Waals surface area contributed by atoms with Crippen LogP contribution in [0.25, 0.3) is 33.7 Å². The molecule has 9 nitrogen and oxygen atoms in total. The number of aromatic nitrogens is 4. The van der Waals surface area contributed by atoms with Gasteiger partial charge < -0.3 is 24.4 Å². The van der Waals surface area contributed by atoms with Gasteiger partial charge in [0.15, 0.2) is 11.3 Å². The summed E-state index contributed by atoms with van der Waals surface area (Å²) in [5.41, 5.74) is 4.30. The van der Waals surface area contributed by atoms with Gasteiger partial charge in [-0.3, -0.25) is 0 Å². The van der Waals surface area contributed by atoms with Gasteiger partial charge in [-0.2, -0.15) is 4.98 Å². The van der Waals surface area contributed by atoms with Gasteiger partial charge in [-0.25, -0.2) is 14.8 Å². The first-order valence-corrected chi connectivity index (χ1v) is 10.0. The highest BCUT2D eigenvalue weighted by Gasteiger charge is 2.18. The molecule has 3 aromatic heterocycles. The molecule has 2 N–H and O–H groups in total. The van der Waals surface area contributed by atoms with E-state index in [1.165, 1.54) is 0 Å². The van der Waals surface area contributed by atoms with Crippen LogP contribution in [-0.2, 0) is 13.6 Å². The summed E-state index contributed by atoms with van der Waals surface area (Å²) in [6.45, 7) is 0.299. The molecule has 3 heterocycles. The molecule has 160 valence electrons. The highest BCUT2D eigenvalue weighted by Crippen LogP contribution is 2.31. The summed E-state index contributed by atoms with van der Waals surface area (Å²) in [4.78, 5) is 25.7. The lowest BCUT2D eigenvalue weighted by Gasteiger charge is -2.07. The molecule has 0 unspecified atom stereocenters. The van der Waals surface area contributed by atoms with Crippen LogP contribution in [-0.4, -0.2) is 32.7 Å². The minimum atomic E-state index is -0.522. The van der Waals surface area contributed by atoms with Gasteiger partial charge in [0, 0.05) is 26.2 Å². The SMILES string of the molecule is CNc1nc2oc(-c3cccc(CNC(=O)Oc4ccccc4)c3)nc2c2c1ncn2C. The van der Waals surface area contributed by atoms with Crippen molar-refractivity contribution in [2.24, 2.45) is 7.05 Å². The average Bonchev–Trinajstić information content (AvgIpc) is 3.41. The molecule has 2 aromatic carbocycles. The second kappa shape index (κ2) is 8.03. The van der Waals surface area contributed by atoms with E-state index in [9.17, 15) is 4.79 Å². The van der Waals surface area contributed by atoms with E-state index in [0.717, 1.165) is 22.2 Å². The zero-order valence-electron chi connectivity index (χ0n) is 17.5. The van der Waals surface area contributed by atoms with Gasteiger partial charge in [-0.15, -0.1) is 0 Å². The first kappa shape index (κ1) is 19.6. The van der Waals surface area contributed by atoms with Crippen molar-refractivity contribution in [3.63, 3.8) is 0 Å². The summed E-state index contributed by atoms with van der Waals surface area (Å²) < 4.78 is 13.1. The predicted octanol–water partition coefficient (Wildman–Crippen LogP) is 4.11. The average molecular weight is 428 g/mol. The van der Waals surface area contributed by atoms with E-state index in [1.54, 1.807) is 37.6 Å². The Kier molecular flexibility index (Phi) is 4.91. The summed E-state index contributed by atoms with van der Waals surface area (Å²) in [6, 6.07) is 16.5. The summed E-state index contributed by atoms with van der Waals surface area (Å²) in [6.07, 6.45) is 1.20. The number of para-hydroxylation sites is 1. The van der Waals surface area contributed by atoms with E-state index in [-0.39, 0.29) is 0 Å². The van der Waals surface area contributed by atoms with E-state index in [4.69, 9.17) is 9.15 Å². The van der Waals surface area contributed by atoms with Gasteiger partial charge in [0.05, 0.1) is 6.33 Å².